The molecule has 0 unspecified atom stereocenters. The molecule has 1 saturated heterocycles. The van der Waals surface area contributed by atoms with Crippen molar-refractivity contribution in [2.45, 2.75) is 25.7 Å². The van der Waals surface area contributed by atoms with Crippen LogP contribution in [-0.4, -0.2) is 31.1 Å². The average molecular weight is 263 g/mol. The minimum absolute atomic E-state index is 0.0816. The third kappa shape index (κ3) is 3.53. The van der Waals surface area contributed by atoms with Gasteiger partial charge in [-0.1, -0.05) is 12.8 Å². The number of anilines is 2. The van der Waals surface area contributed by atoms with Crippen LogP contribution < -0.4 is 15.8 Å². The summed E-state index contributed by atoms with van der Waals surface area (Å²) in [5.74, 6) is 0.681. The maximum Gasteiger partial charge on any atom is 0.321 e. The fraction of sp³-hybridized carbons (Fsp3) is 0.500. The van der Waals surface area contributed by atoms with Crippen LogP contribution in [-0.2, 0) is 0 Å². The Morgan fingerprint density at radius 3 is 2.58 bits per heavy atom. The van der Waals surface area contributed by atoms with E-state index in [4.69, 9.17) is 10.5 Å². The highest BCUT2D eigenvalue weighted by atomic mass is 16.5. The highest BCUT2D eigenvalue weighted by Crippen LogP contribution is 2.25. The molecule has 5 heteroatoms. The van der Waals surface area contributed by atoms with Gasteiger partial charge in [0.1, 0.15) is 5.75 Å². The molecular weight excluding hydrogens is 242 g/mol. The van der Waals surface area contributed by atoms with E-state index in [0.29, 0.717) is 17.1 Å². The number of likely N-dealkylation sites (tertiary alicyclic amines) is 1. The number of hydrogen-bond acceptors (Lipinski definition) is 3. The summed E-state index contributed by atoms with van der Waals surface area (Å²) in [7, 11) is 1.59. The lowest BCUT2D eigenvalue weighted by Gasteiger charge is -2.21. The molecule has 1 heterocycles. The second-order valence-corrected chi connectivity index (χ2v) is 4.78. The highest BCUT2D eigenvalue weighted by molar-refractivity contribution is 5.93. The van der Waals surface area contributed by atoms with Crippen LogP contribution in [0.25, 0.3) is 0 Å². The number of nitrogens with two attached hydrogens (primary N) is 1. The van der Waals surface area contributed by atoms with Gasteiger partial charge in [-0.15, -0.1) is 0 Å². The molecule has 1 aliphatic heterocycles. The van der Waals surface area contributed by atoms with E-state index in [1.807, 2.05) is 4.90 Å². The molecule has 104 valence electrons. The van der Waals surface area contributed by atoms with E-state index < -0.39 is 0 Å². The van der Waals surface area contributed by atoms with Gasteiger partial charge in [0, 0.05) is 19.2 Å². The normalized spacial score (nSPS) is 15.7. The summed E-state index contributed by atoms with van der Waals surface area (Å²) in [4.78, 5) is 14.0. The Bertz CT molecular complexity index is 440. The Hall–Kier alpha value is -1.91. The van der Waals surface area contributed by atoms with E-state index in [9.17, 15) is 4.79 Å². The summed E-state index contributed by atoms with van der Waals surface area (Å²) in [5.41, 5.74) is 7.01. The second kappa shape index (κ2) is 6.31. The topological polar surface area (TPSA) is 67.6 Å². The molecule has 0 atom stereocenters. The number of carbonyl (C=O) groups is 1. The summed E-state index contributed by atoms with van der Waals surface area (Å²) in [6, 6.07) is 5.17. The van der Waals surface area contributed by atoms with Crippen LogP contribution in [0.1, 0.15) is 25.7 Å². The Morgan fingerprint density at radius 1 is 1.26 bits per heavy atom. The summed E-state index contributed by atoms with van der Waals surface area (Å²) < 4.78 is 5.14. The first-order chi connectivity index (χ1) is 9.20. The van der Waals surface area contributed by atoms with Crippen molar-refractivity contribution in [2.24, 2.45) is 0 Å². The lowest BCUT2D eigenvalue weighted by molar-refractivity contribution is 0.214. The number of nitrogens with one attached hydrogen (secondary N) is 1. The number of methoxy groups -OCH3 is 1. The van der Waals surface area contributed by atoms with Crippen LogP contribution in [0.2, 0.25) is 0 Å². The first-order valence-corrected chi connectivity index (χ1v) is 6.70. The van der Waals surface area contributed by atoms with Crippen molar-refractivity contribution < 1.29 is 9.53 Å². The maximum atomic E-state index is 12.2. The van der Waals surface area contributed by atoms with Gasteiger partial charge < -0.3 is 20.7 Å². The summed E-state index contributed by atoms with van der Waals surface area (Å²) in [6.45, 7) is 1.63. The van der Waals surface area contributed by atoms with Gasteiger partial charge in [-0.2, -0.15) is 0 Å². The Labute approximate surface area is 113 Å². The van der Waals surface area contributed by atoms with E-state index in [0.717, 1.165) is 25.9 Å². The standard InChI is InChI=1S/C14H21N3O2/c1-19-11-6-7-12(15)13(10-11)16-14(18)17-8-4-2-3-5-9-17/h6-7,10H,2-5,8-9,15H2,1H3,(H,16,18). The Kier molecular flexibility index (Phi) is 4.49. The molecule has 0 saturated carbocycles. The zero-order chi connectivity index (χ0) is 13.7. The molecule has 3 N–H and O–H groups in total. The number of nitrogen functional groups attached to an aromatic ring is 1. The fourth-order valence-corrected chi connectivity index (χ4v) is 2.24. The van der Waals surface area contributed by atoms with Crippen molar-refractivity contribution in [3.05, 3.63) is 18.2 Å². The van der Waals surface area contributed by atoms with Gasteiger partial charge in [0.2, 0.25) is 0 Å². The molecule has 2 rings (SSSR count). The first-order valence-electron chi connectivity index (χ1n) is 6.70. The molecule has 0 spiro atoms. The fourth-order valence-electron chi connectivity index (χ4n) is 2.24. The molecule has 0 aromatic heterocycles. The third-order valence-electron chi connectivity index (χ3n) is 3.40. The van der Waals surface area contributed by atoms with Crippen LogP contribution in [0.15, 0.2) is 18.2 Å². The number of benzene rings is 1. The zero-order valence-electron chi connectivity index (χ0n) is 11.3. The average Bonchev–Trinajstić information content (AvgIpc) is 2.70. The minimum atomic E-state index is -0.0816. The van der Waals surface area contributed by atoms with Crippen molar-refractivity contribution in [2.75, 3.05) is 31.2 Å². The monoisotopic (exact) mass is 263 g/mol. The van der Waals surface area contributed by atoms with Gasteiger partial charge in [0.05, 0.1) is 18.5 Å². The highest BCUT2D eigenvalue weighted by Gasteiger charge is 2.16. The molecule has 0 bridgehead atoms. The number of hydrogen-bond donors (Lipinski definition) is 2. The van der Waals surface area contributed by atoms with Crippen LogP contribution in [0, 0.1) is 0 Å². The van der Waals surface area contributed by atoms with Crippen molar-refractivity contribution >= 4 is 17.4 Å². The number of urea groups is 1. The van der Waals surface area contributed by atoms with E-state index >= 15 is 0 Å². The van der Waals surface area contributed by atoms with Crippen LogP contribution in [0.4, 0.5) is 16.2 Å². The lowest BCUT2D eigenvalue weighted by atomic mass is 10.2. The van der Waals surface area contributed by atoms with E-state index in [1.165, 1.54) is 12.8 Å². The van der Waals surface area contributed by atoms with Crippen LogP contribution >= 0.6 is 0 Å². The molecule has 19 heavy (non-hydrogen) atoms. The maximum absolute atomic E-state index is 12.2. The molecule has 1 aromatic rings. The molecule has 0 radical (unpaired) electrons. The van der Waals surface area contributed by atoms with Gasteiger partial charge in [-0.05, 0) is 25.0 Å². The van der Waals surface area contributed by atoms with Gasteiger partial charge >= 0.3 is 6.03 Å². The summed E-state index contributed by atoms with van der Waals surface area (Å²) in [6.07, 6.45) is 4.54. The van der Waals surface area contributed by atoms with Gasteiger partial charge in [-0.25, -0.2) is 4.79 Å². The van der Waals surface area contributed by atoms with Crippen molar-refractivity contribution in [3.8, 4) is 5.75 Å². The third-order valence-corrected chi connectivity index (χ3v) is 3.40. The van der Waals surface area contributed by atoms with Crippen molar-refractivity contribution in [3.63, 3.8) is 0 Å². The van der Waals surface area contributed by atoms with E-state index in [2.05, 4.69) is 5.32 Å². The molecule has 1 aromatic carbocycles. The van der Waals surface area contributed by atoms with Crippen LogP contribution in [0.3, 0.4) is 0 Å². The molecule has 2 amide bonds. The van der Waals surface area contributed by atoms with E-state index in [1.54, 1.807) is 25.3 Å². The number of rotatable bonds is 2. The largest absolute Gasteiger partial charge is 0.497 e. The predicted molar refractivity (Wildman–Crippen MR) is 76.5 cm³/mol. The van der Waals surface area contributed by atoms with Gasteiger partial charge in [0.25, 0.3) is 0 Å². The van der Waals surface area contributed by atoms with Crippen molar-refractivity contribution in [1.82, 2.24) is 4.90 Å². The number of ether oxygens (including phenoxy) is 1. The SMILES string of the molecule is COc1ccc(N)c(NC(=O)N2CCCCCC2)c1. The Morgan fingerprint density at radius 2 is 1.95 bits per heavy atom. The first kappa shape index (κ1) is 13.5. The molecule has 1 aliphatic rings. The zero-order valence-corrected chi connectivity index (χ0v) is 11.3. The molecule has 5 nitrogen and oxygen atoms in total. The molecule has 0 aliphatic carbocycles. The van der Waals surface area contributed by atoms with Crippen molar-refractivity contribution in [1.29, 1.82) is 0 Å². The second-order valence-electron chi connectivity index (χ2n) is 4.78. The predicted octanol–water partition coefficient (Wildman–Crippen LogP) is 2.69. The summed E-state index contributed by atoms with van der Waals surface area (Å²) in [5, 5.41) is 2.86. The summed E-state index contributed by atoms with van der Waals surface area (Å²) >= 11 is 0. The quantitative estimate of drug-likeness (QED) is 0.806. The molecule has 1 fully saturated rings. The smallest absolute Gasteiger partial charge is 0.321 e. The Balaban J connectivity index is 2.05. The number of amides is 2. The van der Waals surface area contributed by atoms with Gasteiger partial charge in [-0.3, -0.25) is 0 Å². The number of nitrogens with zero attached hydrogens (tertiary/aromatic N) is 1. The van der Waals surface area contributed by atoms with Gasteiger partial charge in [0.15, 0.2) is 0 Å². The number of carbonyl (C=O) groups excluding carboxylic acids is 1. The molecular formula is C14H21N3O2. The van der Waals surface area contributed by atoms with Crippen LogP contribution in [0.5, 0.6) is 5.75 Å². The lowest BCUT2D eigenvalue weighted by Crippen LogP contribution is -2.35. The minimum Gasteiger partial charge on any atom is -0.497 e. The van der Waals surface area contributed by atoms with E-state index in [-0.39, 0.29) is 6.03 Å².